The van der Waals surface area contributed by atoms with Crippen LogP contribution in [0.25, 0.3) is 0 Å². The van der Waals surface area contributed by atoms with Crippen molar-refractivity contribution in [2.24, 2.45) is 5.73 Å². The topological polar surface area (TPSA) is 38.9 Å². The molecule has 1 heterocycles. The van der Waals surface area contributed by atoms with Crippen LogP contribution in [0.3, 0.4) is 0 Å². The van der Waals surface area contributed by atoms with Gasteiger partial charge in [0.15, 0.2) is 0 Å². The van der Waals surface area contributed by atoms with Gasteiger partial charge in [0, 0.05) is 22.3 Å². The molecule has 1 aliphatic rings. The zero-order chi connectivity index (χ0) is 11.3. The molecule has 1 aliphatic carbocycles. The van der Waals surface area contributed by atoms with Crippen molar-refractivity contribution in [1.82, 2.24) is 4.98 Å². The number of nitrogens with zero attached hydrogens (tertiary/aromatic N) is 1. The van der Waals surface area contributed by atoms with Crippen LogP contribution in [0.2, 0.25) is 0 Å². The van der Waals surface area contributed by atoms with Crippen molar-refractivity contribution >= 4 is 11.3 Å². The summed E-state index contributed by atoms with van der Waals surface area (Å²) in [5.41, 5.74) is 7.50. The Bertz CT molecular complexity index is 356. The Morgan fingerprint density at radius 1 is 1.47 bits per heavy atom. The summed E-state index contributed by atoms with van der Waals surface area (Å²) in [5, 5.41) is 3.44. The molecule has 0 atom stereocenters. The smallest absolute Gasteiger partial charge is 0.0953 e. The maximum absolute atomic E-state index is 6.26. The monoisotopic (exact) mass is 224 g/mol. The van der Waals surface area contributed by atoms with E-state index < -0.39 is 0 Å². The van der Waals surface area contributed by atoms with E-state index in [1.165, 1.54) is 23.5 Å². The van der Waals surface area contributed by atoms with Gasteiger partial charge in [0.1, 0.15) is 0 Å². The van der Waals surface area contributed by atoms with E-state index in [-0.39, 0.29) is 11.0 Å². The molecule has 1 fully saturated rings. The van der Waals surface area contributed by atoms with Gasteiger partial charge in [-0.05, 0) is 26.7 Å². The highest BCUT2D eigenvalue weighted by Crippen LogP contribution is 2.54. The Morgan fingerprint density at radius 3 is 2.40 bits per heavy atom. The second-order valence-corrected chi connectivity index (χ2v) is 6.42. The zero-order valence-electron chi connectivity index (χ0n) is 10.0. The lowest BCUT2D eigenvalue weighted by molar-refractivity contribution is 0.384. The Labute approximate surface area is 95.9 Å². The molecule has 0 unspecified atom stereocenters. The van der Waals surface area contributed by atoms with Gasteiger partial charge in [0.05, 0.1) is 10.7 Å². The lowest BCUT2D eigenvalue weighted by atomic mass is 9.83. The van der Waals surface area contributed by atoms with Crippen LogP contribution in [0, 0.1) is 0 Å². The van der Waals surface area contributed by atoms with Crippen molar-refractivity contribution in [3.8, 4) is 0 Å². The average molecular weight is 224 g/mol. The normalized spacial score (nSPS) is 19.6. The van der Waals surface area contributed by atoms with Crippen LogP contribution in [0.4, 0.5) is 0 Å². The molecule has 0 amide bonds. The number of aromatic nitrogens is 1. The van der Waals surface area contributed by atoms with Crippen molar-refractivity contribution in [2.75, 3.05) is 0 Å². The molecule has 0 saturated heterocycles. The van der Waals surface area contributed by atoms with E-state index >= 15 is 0 Å². The molecule has 0 aliphatic heterocycles. The predicted molar refractivity (Wildman–Crippen MR) is 65.4 cm³/mol. The van der Waals surface area contributed by atoms with Gasteiger partial charge in [0.25, 0.3) is 0 Å². The van der Waals surface area contributed by atoms with Gasteiger partial charge in [-0.15, -0.1) is 11.3 Å². The maximum atomic E-state index is 6.26. The van der Waals surface area contributed by atoms with E-state index in [9.17, 15) is 0 Å². The van der Waals surface area contributed by atoms with Crippen molar-refractivity contribution in [3.63, 3.8) is 0 Å². The molecule has 0 radical (unpaired) electrons. The van der Waals surface area contributed by atoms with Crippen LogP contribution >= 0.6 is 11.3 Å². The minimum Gasteiger partial charge on any atom is -0.325 e. The second kappa shape index (κ2) is 3.29. The molecule has 1 aromatic heterocycles. The average Bonchev–Trinajstić information content (AvgIpc) is 2.77. The Hall–Kier alpha value is -0.410. The summed E-state index contributed by atoms with van der Waals surface area (Å²) < 4.78 is 0. The van der Waals surface area contributed by atoms with Gasteiger partial charge in [-0.25, -0.2) is 4.98 Å². The standard InChI is InChI=1S/C12H20N2S/c1-8(2)10-14-9(7-15-10)12(5-6-12)11(3,4)13/h7-8H,5-6,13H2,1-4H3. The first-order valence-corrected chi connectivity index (χ1v) is 6.49. The SMILES string of the molecule is CC(C)c1nc(C2(C(C)(C)N)CC2)cs1. The summed E-state index contributed by atoms with van der Waals surface area (Å²) in [6.07, 6.45) is 2.38. The molecule has 0 aromatic carbocycles. The molecular formula is C12H20N2S. The number of nitrogens with two attached hydrogens (primary N) is 1. The molecule has 2 N–H and O–H groups in total. The quantitative estimate of drug-likeness (QED) is 0.857. The first kappa shape index (κ1) is 11.1. The van der Waals surface area contributed by atoms with Gasteiger partial charge < -0.3 is 5.73 Å². The summed E-state index contributed by atoms with van der Waals surface area (Å²) in [5.74, 6) is 0.528. The summed E-state index contributed by atoms with van der Waals surface area (Å²) >= 11 is 1.77. The molecule has 1 aromatic rings. The highest BCUT2D eigenvalue weighted by Gasteiger charge is 2.55. The summed E-state index contributed by atoms with van der Waals surface area (Å²) in [6.45, 7) is 8.62. The fourth-order valence-corrected chi connectivity index (χ4v) is 3.06. The minimum absolute atomic E-state index is 0.144. The summed E-state index contributed by atoms with van der Waals surface area (Å²) in [4.78, 5) is 4.75. The zero-order valence-corrected chi connectivity index (χ0v) is 10.8. The fourth-order valence-electron chi connectivity index (χ4n) is 2.13. The molecule has 0 bridgehead atoms. The van der Waals surface area contributed by atoms with Gasteiger partial charge in [-0.3, -0.25) is 0 Å². The van der Waals surface area contributed by atoms with E-state index in [0.717, 1.165) is 0 Å². The maximum Gasteiger partial charge on any atom is 0.0953 e. The molecule has 1 saturated carbocycles. The number of hydrogen-bond donors (Lipinski definition) is 1. The third-order valence-electron chi connectivity index (χ3n) is 3.49. The largest absolute Gasteiger partial charge is 0.325 e. The predicted octanol–water partition coefficient (Wildman–Crippen LogP) is 3.04. The van der Waals surface area contributed by atoms with Crippen LogP contribution < -0.4 is 5.73 Å². The van der Waals surface area contributed by atoms with E-state index in [2.05, 4.69) is 33.1 Å². The number of rotatable bonds is 3. The van der Waals surface area contributed by atoms with Crippen LogP contribution in [0.5, 0.6) is 0 Å². The lowest BCUT2D eigenvalue weighted by Crippen LogP contribution is -2.45. The van der Waals surface area contributed by atoms with Crippen LogP contribution in [-0.2, 0) is 5.41 Å². The molecule has 0 spiro atoms. The summed E-state index contributed by atoms with van der Waals surface area (Å²) in [6, 6.07) is 0. The highest BCUT2D eigenvalue weighted by molar-refractivity contribution is 7.09. The minimum atomic E-state index is -0.144. The van der Waals surface area contributed by atoms with Crippen LogP contribution in [-0.4, -0.2) is 10.5 Å². The molecular weight excluding hydrogens is 204 g/mol. The first-order valence-electron chi connectivity index (χ1n) is 5.61. The third kappa shape index (κ3) is 1.72. The summed E-state index contributed by atoms with van der Waals surface area (Å²) in [7, 11) is 0. The first-order chi connectivity index (χ1) is 6.87. The van der Waals surface area contributed by atoms with Crippen molar-refractivity contribution in [3.05, 3.63) is 16.1 Å². The van der Waals surface area contributed by atoms with E-state index in [4.69, 9.17) is 10.7 Å². The van der Waals surface area contributed by atoms with Gasteiger partial charge in [-0.2, -0.15) is 0 Å². The Balaban J connectivity index is 2.31. The second-order valence-electron chi connectivity index (χ2n) is 5.53. The fraction of sp³-hybridized carbons (Fsp3) is 0.750. The number of thiazole rings is 1. The van der Waals surface area contributed by atoms with Gasteiger partial charge in [-0.1, -0.05) is 13.8 Å². The van der Waals surface area contributed by atoms with Crippen molar-refractivity contribution in [1.29, 1.82) is 0 Å². The van der Waals surface area contributed by atoms with E-state index in [0.29, 0.717) is 5.92 Å². The van der Waals surface area contributed by atoms with Crippen molar-refractivity contribution < 1.29 is 0 Å². The van der Waals surface area contributed by atoms with Crippen LogP contribution in [0.1, 0.15) is 57.2 Å². The Morgan fingerprint density at radius 2 is 2.07 bits per heavy atom. The highest BCUT2D eigenvalue weighted by atomic mass is 32.1. The van der Waals surface area contributed by atoms with Gasteiger partial charge >= 0.3 is 0 Å². The molecule has 84 valence electrons. The van der Waals surface area contributed by atoms with Crippen molar-refractivity contribution in [2.45, 2.75) is 57.4 Å². The Kier molecular flexibility index (Phi) is 2.43. The lowest BCUT2D eigenvalue weighted by Gasteiger charge is -2.29. The molecule has 15 heavy (non-hydrogen) atoms. The van der Waals surface area contributed by atoms with Crippen LogP contribution in [0.15, 0.2) is 5.38 Å². The number of hydrogen-bond acceptors (Lipinski definition) is 3. The van der Waals surface area contributed by atoms with E-state index in [1.54, 1.807) is 11.3 Å². The van der Waals surface area contributed by atoms with Gasteiger partial charge in [0.2, 0.25) is 0 Å². The molecule has 2 rings (SSSR count). The molecule has 2 nitrogen and oxygen atoms in total. The molecule has 3 heteroatoms. The van der Waals surface area contributed by atoms with E-state index in [1.807, 2.05) is 0 Å². The third-order valence-corrected chi connectivity index (χ3v) is 4.63.